The van der Waals surface area contributed by atoms with Crippen LogP contribution in [0.4, 0.5) is 0 Å². The van der Waals surface area contributed by atoms with Crippen LogP contribution in [0, 0.1) is 0 Å². The third-order valence-electron chi connectivity index (χ3n) is 3.40. The molecular weight excluding hydrogens is 266 g/mol. The van der Waals surface area contributed by atoms with Crippen LogP contribution < -0.4 is 4.74 Å². The van der Waals surface area contributed by atoms with Gasteiger partial charge >= 0.3 is 0 Å². The van der Waals surface area contributed by atoms with Gasteiger partial charge in [0, 0.05) is 13.0 Å². The first kappa shape index (κ1) is 15.5. The first-order valence-corrected chi connectivity index (χ1v) is 7.52. The van der Waals surface area contributed by atoms with Gasteiger partial charge in [0.15, 0.2) is 0 Å². The smallest absolute Gasteiger partial charge is 0.119 e. The van der Waals surface area contributed by atoms with E-state index in [9.17, 15) is 5.11 Å². The molecule has 21 heavy (non-hydrogen) atoms. The lowest BCUT2D eigenvalue weighted by molar-refractivity contribution is 0.275. The van der Waals surface area contributed by atoms with E-state index in [4.69, 9.17) is 4.74 Å². The molecule has 5 nitrogen and oxygen atoms in total. The molecule has 1 aromatic carbocycles. The van der Waals surface area contributed by atoms with E-state index in [0.717, 1.165) is 42.8 Å². The lowest BCUT2D eigenvalue weighted by Crippen LogP contribution is -2.07. The quantitative estimate of drug-likeness (QED) is 0.811. The highest BCUT2D eigenvalue weighted by molar-refractivity contribution is 5.30. The third kappa shape index (κ3) is 4.04. The molecule has 0 amide bonds. The van der Waals surface area contributed by atoms with E-state index >= 15 is 0 Å². The van der Waals surface area contributed by atoms with E-state index in [-0.39, 0.29) is 6.61 Å². The maximum absolute atomic E-state index is 9.41. The molecule has 0 saturated heterocycles. The summed E-state index contributed by atoms with van der Waals surface area (Å²) in [4.78, 5) is 0. The van der Waals surface area contributed by atoms with Crippen LogP contribution in [-0.2, 0) is 19.6 Å². The van der Waals surface area contributed by atoms with Crippen molar-refractivity contribution < 1.29 is 9.84 Å². The van der Waals surface area contributed by atoms with Crippen LogP contribution in [-0.4, -0.2) is 26.7 Å². The van der Waals surface area contributed by atoms with Crippen LogP contribution in [0.15, 0.2) is 24.3 Å². The number of aliphatic hydroxyl groups is 1. The van der Waals surface area contributed by atoms with Gasteiger partial charge in [-0.2, -0.15) is 0 Å². The van der Waals surface area contributed by atoms with E-state index in [2.05, 4.69) is 17.2 Å². The first-order valence-electron chi connectivity index (χ1n) is 7.52. The molecule has 2 rings (SSSR count). The Bertz CT molecular complexity index is 549. The molecule has 1 N–H and O–H groups in total. The van der Waals surface area contributed by atoms with Gasteiger partial charge in [-0.25, -0.2) is 4.68 Å². The average Bonchev–Trinajstić information content (AvgIpc) is 2.89. The predicted octanol–water partition coefficient (Wildman–Crippen LogP) is 2.56. The second kappa shape index (κ2) is 7.78. The Balaban J connectivity index is 2.15. The maximum atomic E-state index is 9.41. The zero-order valence-corrected chi connectivity index (χ0v) is 12.7. The highest BCUT2D eigenvalue weighted by Crippen LogP contribution is 2.17. The molecule has 1 aromatic heterocycles. The summed E-state index contributed by atoms with van der Waals surface area (Å²) in [7, 11) is 0. The number of ether oxygens (including phenoxy) is 1. The van der Waals surface area contributed by atoms with Crippen molar-refractivity contribution in [2.75, 3.05) is 6.61 Å². The van der Waals surface area contributed by atoms with Crippen molar-refractivity contribution in [3.05, 3.63) is 41.2 Å². The van der Waals surface area contributed by atoms with E-state index in [1.807, 2.05) is 35.9 Å². The highest BCUT2D eigenvalue weighted by atomic mass is 16.5. The molecule has 0 aliphatic rings. The van der Waals surface area contributed by atoms with Crippen LogP contribution in [0.1, 0.15) is 43.6 Å². The van der Waals surface area contributed by atoms with Crippen molar-refractivity contribution in [1.82, 2.24) is 15.0 Å². The fourth-order valence-electron chi connectivity index (χ4n) is 2.24. The van der Waals surface area contributed by atoms with Gasteiger partial charge in [-0.15, -0.1) is 5.10 Å². The fraction of sp³-hybridized carbons (Fsp3) is 0.500. The van der Waals surface area contributed by atoms with Crippen LogP contribution in [0.5, 0.6) is 5.75 Å². The zero-order valence-electron chi connectivity index (χ0n) is 12.7. The summed E-state index contributed by atoms with van der Waals surface area (Å²) in [6.45, 7) is 5.56. The van der Waals surface area contributed by atoms with Gasteiger partial charge in [0.25, 0.3) is 0 Å². The predicted molar refractivity (Wildman–Crippen MR) is 81.3 cm³/mol. The van der Waals surface area contributed by atoms with E-state index in [0.29, 0.717) is 12.3 Å². The van der Waals surface area contributed by atoms with Crippen molar-refractivity contribution >= 4 is 0 Å². The van der Waals surface area contributed by atoms with Gasteiger partial charge < -0.3 is 9.84 Å². The zero-order chi connectivity index (χ0) is 15.1. The van der Waals surface area contributed by atoms with Crippen molar-refractivity contribution in [3.63, 3.8) is 0 Å². The number of benzene rings is 1. The highest BCUT2D eigenvalue weighted by Gasteiger charge is 2.12. The molecule has 0 aliphatic carbocycles. The summed E-state index contributed by atoms with van der Waals surface area (Å²) in [5.74, 6) is 0.876. The summed E-state index contributed by atoms with van der Waals surface area (Å²) >= 11 is 0. The minimum Gasteiger partial charge on any atom is -0.494 e. The van der Waals surface area contributed by atoms with E-state index in [1.165, 1.54) is 0 Å². The molecule has 0 saturated carbocycles. The lowest BCUT2D eigenvalue weighted by atomic mass is 10.1. The van der Waals surface area contributed by atoms with E-state index < -0.39 is 0 Å². The second-order valence-corrected chi connectivity index (χ2v) is 4.97. The molecule has 114 valence electrons. The van der Waals surface area contributed by atoms with Gasteiger partial charge in [0.05, 0.1) is 18.9 Å². The van der Waals surface area contributed by atoms with Crippen LogP contribution in [0.2, 0.25) is 0 Å². The second-order valence-electron chi connectivity index (χ2n) is 4.97. The number of aliphatic hydroxyl groups excluding tert-OH is 1. The lowest BCUT2D eigenvalue weighted by Gasteiger charge is -2.08. The molecule has 0 bridgehead atoms. The van der Waals surface area contributed by atoms with Crippen molar-refractivity contribution in [1.29, 1.82) is 0 Å². The Hall–Kier alpha value is -1.88. The number of aryl methyl sites for hydroxylation is 1. The standard InChI is InChI=1S/C16H23N3O2/c1-3-5-10-19-16(15(12-20)17-18-19)11-13-6-8-14(9-7-13)21-4-2/h6-9,20H,3-5,10-12H2,1-2H3. The summed E-state index contributed by atoms with van der Waals surface area (Å²) in [6.07, 6.45) is 2.89. The van der Waals surface area contributed by atoms with Gasteiger partial charge in [0.1, 0.15) is 11.4 Å². The summed E-state index contributed by atoms with van der Waals surface area (Å²) in [6, 6.07) is 8.03. The largest absolute Gasteiger partial charge is 0.494 e. The van der Waals surface area contributed by atoms with Gasteiger partial charge in [-0.3, -0.25) is 0 Å². The topological polar surface area (TPSA) is 60.2 Å². The Morgan fingerprint density at radius 1 is 1.19 bits per heavy atom. The van der Waals surface area contributed by atoms with Crippen LogP contribution in [0.25, 0.3) is 0 Å². The fourth-order valence-corrected chi connectivity index (χ4v) is 2.24. The maximum Gasteiger partial charge on any atom is 0.119 e. The summed E-state index contributed by atoms with van der Waals surface area (Å²) < 4.78 is 7.36. The molecule has 1 heterocycles. The minimum atomic E-state index is -0.0709. The van der Waals surface area contributed by atoms with Gasteiger partial charge in [0.2, 0.25) is 0 Å². The molecular formula is C16H23N3O2. The molecule has 0 unspecified atom stereocenters. The van der Waals surface area contributed by atoms with Crippen molar-refractivity contribution in [2.24, 2.45) is 0 Å². The Morgan fingerprint density at radius 3 is 2.57 bits per heavy atom. The Labute approximate surface area is 125 Å². The minimum absolute atomic E-state index is 0.0709. The molecule has 0 fully saturated rings. The Kier molecular flexibility index (Phi) is 5.75. The third-order valence-corrected chi connectivity index (χ3v) is 3.40. The number of hydrogen-bond donors (Lipinski definition) is 1. The molecule has 0 atom stereocenters. The first-order chi connectivity index (χ1) is 10.3. The summed E-state index contributed by atoms with van der Waals surface area (Å²) in [5.41, 5.74) is 2.82. The number of rotatable bonds is 8. The number of unbranched alkanes of at least 4 members (excludes halogenated alkanes) is 1. The van der Waals surface area contributed by atoms with Crippen LogP contribution in [0.3, 0.4) is 0 Å². The number of hydrogen-bond acceptors (Lipinski definition) is 4. The SMILES string of the molecule is CCCCn1nnc(CO)c1Cc1ccc(OCC)cc1. The summed E-state index contributed by atoms with van der Waals surface area (Å²) in [5, 5.41) is 17.6. The number of aromatic nitrogens is 3. The van der Waals surface area contributed by atoms with Crippen molar-refractivity contribution in [2.45, 2.75) is 46.3 Å². The number of nitrogens with zero attached hydrogens (tertiary/aromatic N) is 3. The van der Waals surface area contributed by atoms with Gasteiger partial charge in [-0.1, -0.05) is 30.7 Å². The van der Waals surface area contributed by atoms with Crippen molar-refractivity contribution in [3.8, 4) is 5.75 Å². The molecule has 0 aliphatic heterocycles. The Morgan fingerprint density at radius 2 is 1.95 bits per heavy atom. The molecule has 2 aromatic rings. The monoisotopic (exact) mass is 289 g/mol. The van der Waals surface area contributed by atoms with Gasteiger partial charge in [-0.05, 0) is 31.0 Å². The van der Waals surface area contributed by atoms with Crippen LogP contribution >= 0.6 is 0 Å². The normalized spacial score (nSPS) is 10.8. The molecule has 5 heteroatoms. The van der Waals surface area contributed by atoms with E-state index in [1.54, 1.807) is 0 Å². The average molecular weight is 289 g/mol. The molecule has 0 radical (unpaired) electrons. The molecule has 0 spiro atoms.